The van der Waals surface area contributed by atoms with E-state index < -0.39 is 6.10 Å². The Labute approximate surface area is 102 Å². The van der Waals surface area contributed by atoms with Gasteiger partial charge in [-0.3, -0.25) is 9.63 Å². The summed E-state index contributed by atoms with van der Waals surface area (Å²) in [5.41, 5.74) is 2.84. The first-order chi connectivity index (χ1) is 8.09. The summed E-state index contributed by atoms with van der Waals surface area (Å²) in [7, 11) is 0. The quantitative estimate of drug-likeness (QED) is 0.741. The molecule has 0 saturated heterocycles. The number of benzene rings is 1. The van der Waals surface area contributed by atoms with Gasteiger partial charge in [0.05, 0.1) is 6.10 Å². The number of hydrogen-bond acceptors (Lipinski definition) is 3. The van der Waals surface area contributed by atoms with E-state index in [9.17, 15) is 9.90 Å². The van der Waals surface area contributed by atoms with Crippen molar-refractivity contribution in [2.24, 2.45) is 5.92 Å². The lowest BCUT2D eigenvalue weighted by atomic mass is 10.1. The average molecular weight is 237 g/mol. The summed E-state index contributed by atoms with van der Waals surface area (Å²) < 4.78 is 0. The van der Waals surface area contributed by atoms with Gasteiger partial charge in [-0.2, -0.15) is 0 Å². The van der Waals surface area contributed by atoms with Gasteiger partial charge < -0.3 is 5.11 Å². The van der Waals surface area contributed by atoms with Gasteiger partial charge in [-0.05, 0) is 24.5 Å². The number of carbonyl (C=O) groups is 1. The fourth-order valence-corrected chi connectivity index (χ4v) is 1.46. The number of hydrogen-bond donors (Lipinski definition) is 2. The number of amides is 1. The van der Waals surface area contributed by atoms with E-state index in [0.29, 0.717) is 17.9 Å². The van der Waals surface area contributed by atoms with Crippen LogP contribution in [0.5, 0.6) is 0 Å². The van der Waals surface area contributed by atoms with Crippen molar-refractivity contribution < 1.29 is 14.7 Å². The van der Waals surface area contributed by atoms with E-state index in [1.54, 1.807) is 24.3 Å². The van der Waals surface area contributed by atoms with Gasteiger partial charge in [0.2, 0.25) is 0 Å². The molecule has 0 aliphatic heterocycles. The number of aliphatic hydroxyl groups excluding tert-OH is 1. The van der Waals surface area contributed by atoms with E-state index in [1.165, 1.54) is 0 Å². The Hall–Kier alpha value is -1.39. The Morgan fingerprint density at radius 3 is 2.59 bits per heavy atom. The predicted molar refractivity (Wildman–Crippen MR) is 65.3 cm³/mol. The molecule has 1 rings (SSSR count). The van der Waals surface area contributed by atoms with Gasteiger partial charge in [0.15, 0.2) is 0 Å². The second-order valence-electron chi connectivity index (χ2n) is 4.39. The smallest absolute Gasteiger partial charge is 0.274 e. The molecule has 1 atom stereocenters. The number of nitrogens with one attached hydrogen (secondary N) is 1. The molecule has 4 heteroatoms. The lowest BCUT2D eigenvalue weighted by Gasteiger charge is -2.13. The van der Waals surface area contributed by atoms with Crippen LogP contribution in [0.1, 0.15) is 30.6 Å². The summed E-state index contributed by atoms with van der Waals surface area (Å²) in [6.07, 6.45) is 0.104. The molecule has 0 radical (unpaired) electrons. The molecule has 4 nitrogen and oxygen atoms in total. The monoisotopic (exact) mass is 237 g/mol. The van der Waals surface area contributed by atoms with Gasteiger partial charge in [-0.1, -0.05) is 32.0 Å². The first-order valence-electron chi connectivity index (χ1n) is 5.75. The lowest BCUT2D eigenvalue weighted by Crippen LogP contribution is -2.28. The predicted octanol–water partition coefficient (Wildman–Crippen LogP) is 1.76. The van der Waals surface area contributed by atoms with Gasteiger partial charge in [0, 0.05) is 5.56 Å². The maximum Gasteiger partial charge on any atom is 0.274 e. The zero-order valence-electron chi connectivity index (χ0n) is 10.2. The molecule has 0 heterocycles. The van der Waals surface area contributed by atoms with Gasteiger partial charge in [-0.15, -0.1) is 0 Å². The second kappa shape index (κ2) is 7.04. The third-order valence-corrected chi connectivity index (χ3v) is 2.22. The molecule has 0 aromatic heterocycles. The standard InChI is InChI=1S/C13H19NO3/c1-10(2)8-12(15)9-17-14-13(16)11-6-4-3-5-7-11/h3-7,10,12,15H,8-9H2,1-2H3,(H,14,16). The van der Waals surface area contributed by atoms with Crippen LogP contribution in [0, 0.1) is 5.92 Å². The summed E-state index contributed by atoms with van der Waals surface area (Å²) in [5, 5.41) is 9.53. The molecule has 0 bridgehead atoms. The van der Waals surface area contributed by atoms with Crippen molar-refractivity contribution in [1.29, 1.82) is 0 Å². The van der Waals surface area contributed by atoms with E-state index in [0.717, 1.165) is 0 Å². The van der Waals surface area contributed by atoms with Crippen LogP contribution in [0.3, 0.4) is 0 Å². The van der Waals surface area contributed by atoms with Crippen molar-refractivity contribution in [3.63, 3.8) is 0 Å². The topological polar surface area (TPSA) is 58.6 Å². The Kier molecular flexibility index (Phi) is 5.66. The average Bonchev–Trinajstić information content (AvgIpc) is 2.29. The number of carbonyl (C=O) groups excluding carboxylic acids is 1. The highest BCUT2D eigenvalue weighted by atomic mass is 16.7. The molecule has 0 saturated carbocycles. The van der Waals surface area contributed by atoms with Crippen molar-refractivity contribution in [2.45, 2.75) is 26.4 Å². The number of hydroxylamine groups is 1. The molecule has 1 aromatic carbocycles. The maximum absolute atomic E-state index is 11.5. The Balaban J connectivity index is 2.25. The third-order valence-electron chi connectivity index (χ3n) is 2.22. The van der Waals surface area contributed by atoms with Crippen LogP contribution in [0.25, 0.3) is 0 Å². The van der Waals surface area contributed by atoms with Crippen LogP contribution >= 0.6 is 0 Å². The largest absolute Gasteiger partial charge is 0.391 e. The highest BCUT2D eigenvalue weighted by Gasteiger charge is 2.09. The minimum Gasteiger partial charge on any atom is -0.391 e. The molecular weight excluding hydrogens is 218 g/mol. The summed E-state index contributed by atoms with van der Waals surface area (Å²) >= 11 is 0. The minimum absolute atomic E-state index is 0.108. The molecule has 0 fully saturated rings. The van der Waals surface area contributed by atoms with E-state index in [4.69, 9.17) is 4.84 Å². The normalized spacial score (nSPS) is 12.5. The highest BCUT2D eigenvalue weighted by Crippen LogP contribution is 2.04. The molecule has 94 valence electrons. The van der Waals surface area contributed by atoms with Gasteiger partial charge >= 0.3 is 0 Å². The van der Waals surface area contributed by atoms with Crippen LogP contribution in [0.4, 0.5) is 0 Å². The van der Waals surface area contributed by atoms with Crippen molar-refractivity contribution in [1.82, 2.24) is 5.48 Å². The first kappa shape index (κ1) is 13.7. The molecule has 17 heavy (non-hydrogen) atoms. The van der Waals surface area contributed by atoms with E-state index >= 15 is 0 Å². The van der Waals surface area contributed by atoms with Gasteiger partial charge in [-0.25, -0.2) is 5.48 Å². The van der Waals surface area contributed by atoms with Crippen LogP contribution in [-0.2, 0) is 4.84 Å². The van der Waals surface area contributed by atoms with E-state index in [1.807, 2.05) is 19.9 Å². The Morgan fingerprint density at radius 1 is 1.35 bits per heavy atom. The number of rotatable bonds is 6. The molecule has 0 aliphatic rings. The Bertz CT molecular complexity index is 338. The van der Waals surface area contributed by atoms with Crippen molar-refractivity contribution in [3.8, 4) is 0 Å². The molecule has 0 spiro atoms. The number of aliphatic hydroxyl groups is 1. The summed E-state index contributed by atoms with van der Waals surface area (Å²) in [5.74, 6) is 0.0979. The van der Waals surface area contributed by atoms with Crippen molar-refractivity contribution in [2.75, 3.05) is 6.61 Å². The van der Waals surface area contributed by atoms with E-state index in [2.05, 4.69) is 5.48 Å². The molecule has 1 aromatic rings. The summed E-state index contributed by atoms with van der Waals surface area (Å²) in [4.78, 5) is 16.5. The zero-order chi connectivity index (χ0) is 12.7. The van der Waals surface area contributed by atoms with Crippen LogP contribution < -0.4 is 5.48 Å². The van der Waals surface area contributed by atoms with Gasteiger partial charge in [0.1, 0.15) is 6.61 Å². The maximum atomic E-state index is 11.5. The molecule has 0 aliphatic carbocycles. The van der Waals surface area contributed by atoms with Crippen molar-refractivity contribution in [3.05, 3.63) is 35.9 Å². The third kappa shape index (κ3) is 5.47. The highest BCUT2D eigenvalue weighted by molar-refractivity contribution is 5.93. The van der Waals surface area contributed by atoms with Crippen LogP contribution in [0.2, 0.25) is 0 Å². The summed E-state index contributed by atoms with van der Waals surface area (Å²) in [6.45, 7) is 4.15. The SMILES string of the molecule is CC(C)CC(O)CONC(=O)c1ccccc1. The molecule has 2 N–H and O–H groups in total. The van der Waals surface area contributed by atoms with Crippen LogP contribution in [0.15, 0.2) is 30.3 Å². The Morgan fingerprint density at radius 2 is 2.00 bits per heavy atom. The fraction of sp³-hybridized carbons (Fsp3) is 0.462. The van der Waals surface area contributed by atoms with Gasteiger partial charge in [0.25, 0.3) is 5.91 Å². The second-order valence-corrected chi connectivity index (χ2v) is 4.39. The molecule has 1 unspecified atom stereocenters. The summed E-state index contributed by atoms with van der Waals surface area (Å²) in [6, 6.07) is 8.79. The van der Waals surface area contributed by atoms with Crippen LogP contribution in [-0.4, -0.2) is 23.7 Å². The molecular formula is C13H19NO3. The zero-order valence-corrected chi connectivity index (χ0v) is 10.2. The van der Waals surface area contributed by atoms with Crippen molar-refractivity contribution >= 4 is 5.91 Å². The minimum atomic E-state index is -0.550. The fourth-order valence-electron chi connectivity index (χ4n) is 1.46. The van der Waals surface area contributed by atoms with E-state index in [-0.39, 0.29) is 12.5 Å². The lowest BCUT2D eigenvalue weighted by molar-refractivity contribution is -0.0181. The molecule has 1 amide bonds. The first-order valence-corrected chi connectivity index (χ1v) is 5.75.